The maximum absolute atomic E-state index is 12.3. The van der Waals surface area contributed by atoms with Gasteiger partial charge >= 0.3 is 6.03 Å². The first-order valence-electron chi connectivity index (χ1n) is 7.88. The van der Waals surface area contributed by atoms with E-state index >= 15 is 0 Å². The Balaban J connectivity index is 1.34. The summed E-state index contributed by atoms with van der Waals surface area (Å²) in [5, 5.41) is 5.81. The van der Waals surface area contributed by atoms with Gasteiger partial charge in [-0.15, -0.1) is 11.3 Å². The van der Waals surface area contributed by atoms with Gasteiger partial charge < -0.3 is 15.1 Å². The van der Waals surface area contributed by atoms with Crippen molar-refractivity contribution in [2.75, 3.05) is 36.4 Å². The van der Waals surface area contributed by atoms with E-state index in [2.05, 4.69) is 24.6 Å². The van der Waals surface area contributed by atoms with Crippen molar-refractivity contribution in [1.82, 2.24) is 19.2 Å². The molecule has 7 nitrogen and oxygen atoms in total. The van der Waals surface area contributed by atoms with Crippen LogP contribution in [0.4, 0.5) is 15.6 Å². The van der Waals surface area contributed by atoms with E-state index in [1.807, 2.05) is 28.5 Å². The Morgan fingerprint density at radius 3 is 2.76 bits per heavy atom. The van der Waals surface area contributed by atoms with Crippen molar-refractivity contribution < 1.29 is 4.79 Å². The number of carbonyl (C=O) groups excluding carboxylic acids is 1. The summed E-state index contributed by atoms with van der Waals surface area (Å²) >= 11 is 3.05. The van der Waals surface area contributed by atoms with Gasteiger partial charge in [0.2, 0.25) is 5.13 Å². The molecule has 3 aromatic heterocycles. The molecule has 0 unspecified atom stereocenters. The summed E-state index contributed by atoms with van der Waals surface area (Å²) in [6.07, 6.45) is 3.32. The van der Waals surface area contributed by atoms with Crippen LogP contribution < -0.4 is 10.2 Å². The molecule has 0 radical (unpaired) electrons. The van der Waals surface area contributed by atoms with E-state index in [9.17, 15) is 4.79 Å². The molecule has 4 rings (SSSR count). The quantitative estimate of drug-likeness (QED) is 0.765. The maximum Gasteiger partial charge on any atom is 0.322 e. The molecule has 9 heteroatoms. The number of carbonyl (C=O) groups is 1. The van der Waals surface area contributed by atoms with E-state index in [0.717, 1.165) is 28.9 Å². The number of aromatic nitrogens is 3. The first-order valence-corrected chi connectivity index (χ1v) is 9.53. The van der Waals surface area contributed by atoms with Crippen molar-refractivity contribution >= 4 is 39.7 Å². The van der Waals surface area contributed by atoms with Crippen LogP contribution in [0.3, 0.4) is 0 Å². The zero-order valence-corrected chi connectivity index (χ0v) is 15.0. The average Bonchev–Trinajstić information content (AvgIpc) is 3.34. The van der Waals surface area contributed by atoms with Gasteiger partial charge in [-0.1, -0.05) is 6.07 Å². The van der Waals surface area contributed by atoms with Crippen molar-refractivity contribution in [3.63, 3.8) is 0 Å². The predicted molar refractivity (Wildman–Crippen MR) is 100 cm³/mol. The molecular weight excluding hydrogens is 356 g/mol. The maximum atomic E-state index is 12.3. The van der Waals surface area contributed by atoms with Gasteiger partial charge in [0.15, 0.2) is 5.82 Å². The van der Waals surface area contributed by atoms with Gasteiger partial charge in [0.1, 0.15) is 0 Å². The fraction of sp³-hybridized carbons (Fsp3) is 0.250. The molecule has 1 N–H and O–H groups in total. The summed E-state index contributed by atoms with van der Waals surface area (Å²) in [5.74, 6) is 0.784. The second kappa shape index (κ2) is 7.16. The third-order valence-corrected chi connectivity index (χ3v) is 5.55. The van der Waals surface area contributed by atoms with E-state index in [4.69, 9.17) is 0 Å². The molecule has 0 atom stereocenters. The summed E-state index contributed by atoms with van der Waals surface area (Å²) in [5.41, 5.74) is 0.708. The van der Waals surface area contributed by atoms with Crippen LogP contribution >= 0.6 is 22.9 Å². The molecule has 3 aromatic rings. The first kappa shape index (κ1) is 16.0. The minimum atomic E-state index is -0.0933. The number of nitrogens with zero attached hydrogens (tertiary/aromatic N) is 5. The minimum Gasteiger partial charge on any atom is -0.343 e. The van der Waals surface area contributed by atoms with Crippen LogP contribution in [0, 0.1) is 0 Å². The van der Waals surface area contributed by atoms with Gasteiger partial charge in [0, 0.05) is 43.9 Å². The van der Waals surface area contributed by atoms with Crippen LogP contribution in [-0.2, 0) is 0 Å². The molecule has 0 aliphatic carbocycles. The third-order valence-electron chi connectivity index (χ3n) is 3.91. The lowest BCUT2D eigenvalue weighted by Crippen LogP contribution is -2.50. The predicted octanol–water partition coefficient (Wildman–Crippen LogP) is 3.02. The molecular formula is C16H16N6OS2. The summed E-state index contributed by atoms with van der Waals surface area (Å²) in [6.45, 7) is 2.80. The average molecular weight is 372 g/mol. The molecule has 128 valence electrons. The van der Waals surface area contributed by atoms with E-state index in [-0.39, 0.29) is 6.03 Å². The summed E-state index contributed by atoms with van der Waals surface area (Å²) in [7, 11) is 0. The highest BCUT2D eigenvalue weighted by molar-refractivity contribution is 7.14. The molecule has 0 bridgehead atoms. The number of hydrogen-bond donors (Lipinski definition) is 1. The van der Waals surface area contributed by atoms with Crippen LogP contribution in [0.15, 0.2) is 42.0 Å². The number of urea groups is 1. The smallest absolute Gasteiger partial charge is 0.322 e. The Morgan fingerprint density at radius 1 is 1.16 bits per heavy atom. The lowest BCUT2D eigenvalue weighted by Gasteiger charge is -2.34. The van der Waals surface area contributed by atoms with E-state index in [1.165, 1.54) is 11.5 Å². The zero-order chi connectivity index (χ0) is 17.1. The van der Waals surface area contributed by atoms with Crippen molar-refractivity contribution in [2.45, 2.75) is 0 Å². The Morgan fingerprint density at radius 2 is 2.04 bits per heavy atom. The Hall–Kier alpha value is -2.52. The summed E-state index contributed by atoms with van der Waals surface area (Å²) in [4.78, 5) is 26.0. The second-order valence-electron chi connectivity index (χ2n) is 5.52. The normalized spacial score (nSPS) is 14.6. The fourth-order valence-electron chi connectivity index (χ4n) is 2.59. The number of pyridine rings is 1. The Bertz CT molecular complexity index is 827. The molecule has 1 aliphatic heterocycles. The molecule has 1 fully saturated rings. The molecule has 2 amide bonds. The zero-order valence-electron chi connectivity index (χ0n) is 13.3. The van der Waals surface area contributed by atoms with Gasteiger partial charge in [-0.3, -0.25) is 4.98 Å². The number of anilines is 2. The molecule has 0 saturated carbocycles. The summed E-state index contributed by atoms with van der Waals surface area (Å²) in [6, 6.07) is 7.56. The molecule has 25 heavy (non-hydrogen) atoms. The highest BCUT2D eigenvalue weighted by Gasteiger charge is 2.23. The monoisotopic (exact) mass is 372 g/mol. The van der Waals surface area contributed by atoms with E-state index in [0.29, 0.717) is 18.8 Å². The van der Waals surface area contributed by atoms with Gasteiger partial charge in [0.05, 0.1) is 16.8 Å². The van der Waals surface area contributed by atoms with Crippen molar-refractivity contribution in [3.8, 4) is 10.7 Å². The van der Waals surface area contributed by atoms with Crippen molar-refractivity contribution in [1.29, 1.82) is 0 Å². The lowest BCUT2D eigenvalue weighted by atomic mass is 10.3. The number of rotatable bonds is 3. The highest BCUT2D eigenvalue weighted by atomic mass is 32.1. The van der Waals surface area contributed by atoms with Crippen LogP contribution in [0.1, 0.15) is 0 Å². The Labute approximate surface area is 153 Å². The number of piperazine rings is 1. The summed E-state index contributed by atoms with van der Waals surface area (Å²) < 4.78 is 4.44. The molecule has 0 spiro atoms. The molecule has 1 saturated heterocycles. The Kier molecular flexibility index (Phi) is 4.57. The number of thiophene rings is 1. The SMILES string of the molecule is O=C(Nc1cccnc1)N1CCN(c2nc(-c3cccs3)ns2)CC1. The number of hydrogen-bond acceptors (Lipinski definition) is 7. The van der Waals surface area contributed by atoms with Crippen LogP contribution in [0.5, 0.6) is 0 Å². The molecule has 1 aliphatic rings. The highest BCUT2D eigenvalue weighted by Crippen LogP contribution is 2.27. The number of amides is 2. The van der Waals surface area contributed by atoms with Gasteiger partial charge in [-0.2, -0.15) is 9.36 Å². The van der Waals surface area contributed by atoms with Crippen LogP contribution in [0.25, 0.3) is 10.7 Å². The minimum absolute atomic E-state index is 0.0933. The van der Waals surface area contributed by atoms with E-state index in [1.54, 1.807) is 29.8 Å². The van der Waals surface area contributed by atoms with Gasteiger partial charge in [0.25, 0.3) is 0 Å². The number of nitrogens with one attached hydrogen (secondary N) is 1. The standard InChI is InChI=1S/C16H16N6OS2/c23-15(18-12-3-1-5-17-11-12)21-6-8-22(9-7-21)16-19-14(20-25-16)13-4-2-10-24-13/h1-5,10-11H,6-9H2,(H,18,23). The topological polar surface area (TPSA) is 74.2 Å². The first-order chi connectivity index (χ1) is 12.3. The molecule has 0 aromatic carbocycles. The third kappa shape index (κ3) is 3.62. The molecule has 4 heterocycles. The van der Waals surface area contributed by atoms with Crippen molar-refractivity contribution in [2.24, 2.45) is 0 Å². The van der Waals surface area contributed by atoms with Gasteiger partial charge in [-0.05, 0) is 23.6 Å². The van der Waals surface area contributed by atoms with Gasteiger partial charge in [-0.25, -0.2) is 4.79 Å². The second-order valence-corrected chi connectivity index (χ2v) is 7.20. The van der Waals surface area contributed by atoms with Crippen LogP contribution in [-0.4, -0.2) is 51.5 Å². The largest absolute Gasteiger partial charge is 0.343 e. The van der Waals surface area contributed by atoms with Crippen LogP contribution in [0.2, 0.25) is 0 Å². The fourth-order valence-corrected chi connectivity index (χ4v) is 4.04. The van der Waals surface area contributed by atoms with Crippen molar-refractivity contribution in [3.05, 3.63) is 42.0 Å². The lowest BCUT2D eigenvalue weighted by molar-refractivity contribution is 0.208. The van der Waals surface area contributed by atoms with E-state index < -0.39 is 0 Å².